The fourth-order valence-electron chi connectivity index (χ4n) is 2.55. The van der Waals surface area contributed by atoms with Gasteiger partial charge in [0.05, 0.1) is 11.6 Å². The summed E-state index contributed by atoms with van der Waals surface area (Å²) in [4.78, 5) is 36.4. The van der Waals surface area contributed by atoms with Crippen LogP contribution in [0.4, 0.5) is 0 Å². The van der Waals surface area contributed by atoms with E-state index in [9.17, 15) is 14.4 Å². The van der Waals surface area contributed by atoms with Crippen LogP contribution in [0.2, 0.25) is 0 Å². The average molecular weight is 280 g/mol. The van der Waals surface area contributed by atoms with E-state index >= 15 is 0 Å². The molecule has 0 radical (unpaired) electrons. The minimum Gasteiger partial charge on any atom is -0.330 e. The lowest BCUT2D eigenvalue weighted by atomic mass is 9.72. The first-order valence-corrected chi connectivity index (χ1v) is 6.97. The van der Waals surface area contributed by atoms with Crippen LogP contribution in [0.1, 0.15) is 46.5 Å². The molecule has 5 heteroatoms. The highest BCUT2D eigenvalue weighted by molar-refractivity contribution is 6.26. The van der Waals surface area contributed by atoms with Crippen LogP contribution in [0.5, 0.6) is 0 Å². The Labute approximate surface area is 119 Å². The maximum atomic E-state index is 12.2. The van der Waals surface area contributed by atoms with Crippen LogP contribution in [0.3, 0.4) is 0 Å². The Morgan fingerprint density at radius 2 is 1.75 bits per heavy atom. The number of ketones is 3. The SMILES string of the molecule is CC(C(=O)[C@H](N)CCCN)=C1C(=O)CC(C)(C)CC1=O. The highest BCUT2D eigenvalue weighted by Crippen LogP contribution is 2.34. The number of nitrogens with two attached hydrogens (primary N) is 2. The number of Topliss-reactive ketones (excluding diaryl/α,β-unsaturated/α-hetero) is 3. The average Bonchev–Trinajstić information content (AvgIpc) is 2.32. The molecular weight excluding hydrogens is 256 g/mol. The normalized spacial score (nSPS) is 19.9. The predicted molar refractivity (Wildman–Crippen MR) is 77.0 cm³/mol. The van der Waals surface area contributed by atoms with E-state index in [0.717, 1.165) is 0 Å². The van der Waals surface area contributed by atoms with E-state index in [-0.39, 0.29) is 46.8 Å². The lowest BCUT2D eigenvalue weighted by Gasteiger charge is -2.29. The first-order chi connectivity index (χ1) is 9.19. The molecule has 1 atom stereocenters. The highest BCUT2D eigenvalue weighted by atomic mass is 16.2. The van der Waals surface area contributed by atoms with Crippen molar-refractivity contribution >= 4 is 17.3 Å². The quantitative estimate of drug-likeness (QED) is 0.575. The third kappa shape index (κ3) is 3.84. The molecule has 1 aliphatic rings. The number of hydrogen-bond acceptors (Lipinski definition) is 5. The summed E-state index contributed by atoms with van der Waals surface area (Å²) >= 11 is 0. The molecule has 20 heavy (non-hydrogen) atoms. The van der Waals surface area contributed by atoms with Gasteiger partial charge in [-0.05, 0) is 31.7 Å². The van der Waals surface area contributed by atoms with Gasteiger partial charge in [-0.25, -0.2) is 0 Å². The largest absolute Gasteiger partial charge is 0.330 e. The van der Waals surface area contributed by atoms with Crippen LogP contribution in [0.25, 0.3) is 0 Å². The second-order valence-electron chi connectivity index (χ2n) is 6.27. The van der Waals surface area contributed by atoms with Gasteiger partial charge in [-0.15, -0.1) is 0 Å². The smallest absolute Gasteiger partial charge is 0.176 e. The summed E-state index contributed by atoms with van der Waals surface area (Å²) in [5.41, 5.74) is 11.1. The van der Waals surface area contributed by atoms with E-state index in [1.807, 2.05) is 13.8 Å². The Kier molecular flexibility index (Phi) is 5.36. The van der Waals surface area contributed by atoms with Crippen molar-refractivity contribution in [3.63, 3.8) is 0 Å². The van der Waals surface area contributed by atoms with Crippen molar-refractivity contribution in [3.8, 4) is 0 Å². The molecule has 0 unspecified atom stereocenters. The summed E-state index contributed by atoms with van der Waals surface area (Å²) in [6.07, 6.45) is 1.69. The number of hydrogen-bond donors (Lipinski definition) is 2. The molecular formula is C15H24N2O3. The summed E-state index contributed by atoms with van der Waals surface area (Å²) in [7, 11) is 0. The van der Waals surface area contributed by atoms with Crippen LogP contribution >= 0.6 is 0 Å². The van der Waals surface area contributed by atoms with Crippen LogP contribution in [0.15, 0.2) is 11.1 Å². The minimum atomic E-state index is -0.693. The molecule has 112 valence electrons. The summed E-state index contributed by atoms with van der Waals surface area (Å²) in [6, 6.07) is -0.693. The maximum absolute atomic E-state index is 12.2. The molecule has 0 amide bonds. The van der Waals surface area contributed by atoms with Gasteiger partial charge in [-0.2, -0.15) is 0 Å². The zero-order valence-corrected chi connectivity index (χ0v) is 12.5. The number of carbonyl (C=O) groups is 3. The van der Waals surface area contributed by atoms with Crippen LogP contribution in [-0.4, -0.2) is 29.9 Å². The Morgan fingerprint density at radius 3 is 2.20 bits per heavy atom. The number of carbonyl (C=O) groups excluding carboxylic acids is 3. The van der Waals surface area contributed by atoms with Gasteiger partial charge in [0, 0.05) is 18.4 Å². The molecule has 1 aliphatic carbocycles. The molecule has 0 aliphatic heterocycles. The van der Waals surface area contributed by atoms with Crippen LogP contribution in [-0.2, 0) is 14.4 Å². The molecule has 4 N–H and O–H groups in total. The lowest BCUT2D eigenvalue weighted by molar-refractivity contribution is -0.128. The van der Waals surface area contributed by atoms with E-state index in [1.165, 1.54) is 6.92 Å². The van der Waals surface area contributed by atoms with Gasteiger partial charge in [0.2, 0.25) is 0 Å². The highest BCUT2D eigenvalue weighted by Gasteiger charge is 2.37. The van der Waals surface area contributed by atoms with Crippen molar-refractivity contribution in [1.82, 2.24) is 0 Å². The van der Waals surface area contributed by atoms with Crippen molar-refractivity contribution < 1.29 is 14.4 Å². The molecule has 0 bridgehead atoms. The first-order valence-electron chi connectivity index (χ1n) is 6.97. The first kappa shape index (κ1) is 16.7. The van der Waals surface area contributed by atoms with Crippen LogP contribution in [0, 0.1) is 5.41 Å². The molecule has 0 spiro atoms. The number of allylic oxidation sites excluding steroid dienone is 1. The second-order valence-corrected chi connectivity index (χ2v) is 6.27. The predicted octanol–water partition coefficient (Wildman–Crippen LogP) is 0.896. The minimum absolute atomic E-state index is 0.0533. The zero-order valence-electron chi connectivity index (χ0n) is 12.5. The van der Waals surface area contributed by atoms with Gasteiger partial charge >= 0.3 is 0 Å². The van der Waals surface area contributed by atoms with Gasteiger partial charge in [0.25, 0.3) is 0 Å². The third-order valence-corrected chi connectivity index (χ3v) is 3.64. The van der Waals surface area contributed by atoms with Crippen molar-refractivity contribution in [2.75, 3.05) is 6.54 Å². The molecule has 0 aromatic heterocycles. The topological polar surface area (TPSA) is 103 Å². The van der Waals surface area contributed by atoms with Gasteiger partial charge in [0.15, 0.2) is 17.3 Å². The standard InChI is InChI=1S/C15H24N2O3/c1-9(14(20)10(17)5-4-6-16)13-11(18)7-15(2,3)8-12(13)19/h10H,4-8,16-17H2,1-3H3/t10-/m1/s1. The summed E-state index contributed by atoms with van der Waals surface area (Å²) in [5, 5.41) is 0. The van der Waals surface area contributed by atoms with Gasteiger partial charge in [-0.3, -0.25) is 14.4 Å². The zero-order chi connectivity index (χ0) is 15.5. The Hall–Kier alpha value is -1.33. The molecule has 0 heterocycles. The molecule has 5 nitrogen and oxygen atoms in total. The maximum Gasteiger partial charge on any atom is 0.176 e. The fraction of sp³-hybridized carbons (Fsp3) is 0.667. The van der Waals surface area contributed by atoms with E-state index in [4.69, 9.17) is 11.5 Å². The van der Waals surface area contributed by atoms with Crippen LogP contribution < -0.4 is 11.5 Å². The monoisotopic (exact) mass is 280 g/mol. The molecule has 0 aromatic carbocycles. The Morgan fingerprint density at radius 1 is 1.25 bits per heavy atom. The van der Waals surface area contributed by atoms with Gasteiger partial charge in [0.1, 0.15) is 0 Å². The Balaban J connectivity index is 2.97. The van der Waals surface area contributed by atoms with E-state index in [0.29, 0.717) is 19.4 Å². The number of rotatable bonds is 5. The molecule has 0 saturated heterocycles. The van der Waals surface area contributed by atoms with Crippen molar-refractivity contribution in [3.05, 3.63) is 11.1 Å². The molecule has 1 rings (SSSR count). The van der Waals surface area contributed by atoms with Crippen molar-refractivity contribution in [2.24, 2.45) is 16.9 Å². The van der Waals surface area contributed by atoms with Crippen molar-refractivity contribution in [2.45, 2.75) is 52.5 Å². The summed E-state index contributed by atoms with van der Waals surface area (Å²) in [6.45, 7) is 5.74. The summed E-state index contributed by atoms with van der Waals surface area (Å²) < 4.78 is 0. The lowest BCUT2D eigenvalue weighted by Crippen LogP contribution is -2.36. The Bertz CT molecular complexity index is 442. The molecule has 1 saturated carbocycles. The van der Waals surface area contributed by atoms with E-state index in [1.54, 1.807) is 0 Å². The van der Waals surface area contributed by atoms with E-state index < -0.39 is 6.04 Å². The molecule has 0 aromatic rings. The molecule has 1 fully saturated rings. The second kappa shape index (κ2) is 6.41. The van der Waals surface area contributed by atoms with Gasteiger partial charge < -0.3 is 11.5 Å². The van der Waals surface area contributed by atoms with Crippen molar-refractivity contribution in [1.29, 1.82) is 0 Å². The third-order valence-electron chi connectivity index (χ3n) is 3.64. The van der Waals surface area contributed by atoms with Gasteiger partial charge in [-0.1, -0.05) is 13.8 Å². The van der Waals surface area contributed by atoms with E-state index in [2.05, 4.69) is 0 Å². The fourth-order valence-corrected chi connectivity index (χ4v) is 2.55. The summed E-state index contributed by atoms with van der Waals surface area (Å²) in [5.74, 6) is -0.818.